The van der Waals surface area contributed by atoms with Crippen LogP contribution in [0.25, 0.3) is 0 Å². The topological polar surface area (TPSA) is 49.8 Å². The third-order valence-electron chi connectivity index (χ3n) is 3.35. The van der Waals surface area contributed by atoms with Gasteiger partial charge in [-0.1, -0.05) is 31.0 Å². The summed E-state index contributed by atoms with van der Waals surface area (Å²) >= 11 is 0. The van der Waals surface area contributed by atoms with Crippen LogP contribution >= 0.6 is 12.4 Å². The van der Waals surface area contributed by atoms with Gasteiger partial charge < -0.3 is 5.73 Å². The summed E-state index contributed by atoms with van der Waals surface area (Å²) < 4.78 is 0. The molecule has 0 spiro atoms. The molecule has 0 bridgehead atoms. The van der Waals surface area contributed by atoms with Gasteiger partial charge in [0.25, 0.3) is 0 Å². The average molecular weight is 237 g/mol. The standard InChI is InChI=1S/C13H16N2.ClH/c14-9-11-7-3-4-8-12(11)13(15)10-5-1-2-6-10;/h3-4,7-8,10,13H,1-2,5-6,15H2;1H/t13-;/m1./s1. The number of nitriles is 1. The van der Waals surface area contributed by atoms with Crippen LogP contribution in [0.15, 0.2) is 24.3 Å². The minimum absolute atomic E-state index is 0. The summed E-state index contributed by atoms with van der Waals surface area (Å²) in [4.78, 5) is 0. The van der Waals surface area contributed by atoms with Gasteiger partial charge in [0.15, 0.2) is 0 Å². The quantitative estimate of drug-likeness (QED) is 0.858. The molecule has 0 aromatic heterocycles. The van der Waals surface area contributed by atoms with Crippen molar-refractivity contribution < 1.29 is 0 Å². The Hall–Kier alpha value is -1.04. The molecule has 86 valence electrons. The van der Waals surface area contributed by atoms with E-state index in [1.165, 1.54) is 25.7 Å². The maximum atomic E-state index is 9.00. The van der Waals surface area contributed by atoms with Crippen molar-refractivity contribution in [3.8, 4) is 6.07 Å². The molecule has 0 heterocycles. The average Bonchev–Trinajstić information content (AvgIpc) is 2.81. The fraction of sp³-hybridized carbons (Fsp3) is 0.462. The molecule has 0 saturated heterocycles. The van der Waals surface area contributed by atoms with Crippen LogP contribution in [-0.2, 0) is 0 Å². The van der Waals surface area contributed by atoms with Gasteiger partial charge in [-0.3, -0.25) is 0 Å². The zero-order chi connectivity index (χ0) is 10.7. The Morgan fingerprint density at radius 3 is 2.50 bits per heavy atom. The van der Waals surface area contributed by atoms with Crippen molar-refractivity contribution in [1.29, 1.82) is 5.26 Å². The van der Waals surface area contributed by atoms with E-state index in [-0.39, 0.29) is 18.4 Å². The minimum Gasteiger partial charge on any atom is -0.324 e. The zero-order valence-corrected chi connectivity index (χ0v) is 10.0. The van der Waals surface area contributed by atoms with Crippen molar-refractivity contribution in [2.75, 3.05) is 0 Å². The minimum atomic E-state index is 0. The van der Waals surface area contributed by atoms with E-state index < -0.39 is 0 Å². The van der Waals surface area contributed by atoms with E-state index in [1.807, 2.05) is 24.3 Å². The highest BCUT2D eigenvalue weighted by Gasteiger charge is 2.24. The Balaban J connectivity index is 0.00000128. The van der Waals surface area contributed by atoms with E-state index in [4.69, 9.17) is 11.0 Å². The molecule has 0 aliphatic heterocycles. The van der Waals surface area contributed by atoms with Crippen LogP contribution in [0.5, 0.6) is 0 Å². The lowest BCUT2D eigenvalue weighted by Crippen LogP contribution is -2.20. The normalized spacial score (nSPS) is 17.5. The molecule has 1 aromatic carbocycles. The summed E-state index contributed by atoms with van der Waals surface area (Å²) in [7, 11) is 0. The van der Waals surface area contributed by atoms with E-state index in [0.29, 0.717) is 5.92 Å². The van der Waals surface area contributed by atoms with Crippen molar-refractivity contribution in [2.24, 2.45) is 11.7 Å². The van der Waals surface area contributed by atoms with Gasteiger partial charge in [0.1, 0.15) is 0 Å². The summed E-state index contributed by atoms with van der Waals surface area (Å²) in [5, 5.41) is 9.00. The lowest BCUT2D eigenvalue weighted by Gasteiger charge is -2.20. The number of hydrogen-bond donors (Lipinski definition) is 1. The molecule has 0 unspecified atom stereocenters. The van der Waals surface area contributed by atoms with Crippen LogP contribution in [0.2, 0.25) is 0 Å². The fourth-order valence-electron chi connectivity index (χ4n) is 2.46. The Morgan fingerprint density at radius 1 is 1.25 bits per heavy atom. The first-order valence-electron chi connectivity index (χ1n) is 5.57. The first-order chi connectivity index (χ1) is 7.33. The van der Waals surface area contributed by atoms with Gasteiger partial charge >= 0.3 is 0 Å². The highest BCUT2D eigenvalue weighted by atomic mass is 35.5. The lowest BCUT2D eigenvalue weighted by molar-refractivity contribution is 0.444. The van der Waals surface area contributed by atoms with Crippen LogP contribution in [-0.4, -0.2) is 0 Å². The number of nitrogens with zero attached hydrogens (tertiary/aromatic N) is 1. The van der Waals surface area contributed by atoms with Gasteiger partial charge in [-0.05, 0) is 30.4 Å². The second-order valence-corrected chi connectivity index (χ2v) is 4.27. The van der Waals surface area contributed by atoms with Crippen molar-refractivity contribution in [2.45, 2.75) is 31.7 Å². The number of halogens is 1. The van der Waals surface area contributed by atoms with Gasteiger partial charge in [-0.25, -0.2) is 0 Å². The zero-order valence-electron chi connectivity index (χ0n) is 9.23. The molecule has 2 nitrogen and oxygen atoms in total. The Bertz CT molecular complexity index is 378. The molecule has 16 heavy (non-hydrogen) atoms. The maximum absolute atomic E-state index is 9.00. The molecule has 1 aliphatic carbocycles. The largest absolute Gasteiger partial charge is 0.324 e. The fourth-order valence-corrected chi connectivity index (χ4v) is 2.46. The molecule has 2 N–H and O–H groups in total. The van der Waals surface area contributed by atoms with Gasteiger partial charge in [-0.15, -0.1) is 12.4 Å². The van der Waals surface area contributed by atoms with Crippen LogP contribution in [0.1, 0.15) is 42.9 Å². The smallest absolute Gasteiger partial charge is 0.0995 e. The number of rotatable bonds is 2. The summed E-state index contributed by atoms with van der Waals surface area (Å²) in [6.07, 6.45) is 4.99. The highest BCUT2D eigenvalue weighted by molar-refractivity contribution is 5.85. The summed E-state index contributed by atoms with van der Waals surface area (Å²) in [5.41, 5.74) is 7.98. The molecule has 1 saturated carbocycles. The Labute approximate surface area is 103 Å². The molecule has 2 rings (SSSR count). The molecule has 1 fully saturated rings. The third-order valence-corrected chi connectivity index (χ3v) is 3.35. The predicted octanol–water partition coefficient (Wildman–Crippen LogP) is 3.17. The highest BCUT2D eigenvalue weighted by Crippen LogP contribution is 2.34. The van der Waals surface area contributed by atoms with E-state index in [9.17, 15) is 0 Å². The molecule has 1 atom stereocenters. The summed E-state index contributed by atoms with van der Waals surface area (Å²) in [6, 6.07) is 9.96. The van der Waals surface area contributed by atoms with E-state index in [2.05, 4.69) is 6.07 Å². The number of nitrogens with two attached hydrogens (primary N) is 1. The van der Waals surface area contributed by atoms with Gasteiger partial charge in [0.2, 0.25) is 0 Å². The summed E-state index contributed by atoms with van der Waals surface area (Å²) in [6.45, 7) is 0. The second kappa shape index (κ2) is 5.89. The third kappa shape index (κ3) is 2.55. The van der Waals surface area contributed by atoms with Crippen molar-refractivity contribution in [1.82, 2.24) is 0 Å². The Kier molecular flexibility index (Phi) is 4.79. The summed E-state index contributed by atoms with van der Waals surface area (Å²) in [5.74, 6) is 0.569. The van der Waals surface area contributed by atoms with Gasteiger partial charge in [0, 0.05) is 6.04 Å². The van der Waals surface area contributed by atoms with Gasteiger partial charge in [0.05, 0.1) is 11.6 Å². The lowest BCUT2D eigenvalue weighted by atomic mass is 9.90. The number of benzene rings is 1. The van der Waals surface area contributed by atoms with Crippen molar-refractivity contribution >= 4 is 12.4 Å². The maximum Gasteiger partial charge on any atom is 0.0995 e. The predicted molar refractivity (Wildman–Crippen MR) is 67.3 cm³/mol. The van der Waals surface area contributed by atoms with E-state index in [0.717, 1.165) is 11.1 Å². The first-order valence-corrected chi connectivity index (χ1v) is 5.57. The van der Waals surface area contributed by atoms with Crippen molar-refractivity contribution in [3.63, 3.8) is 0 Å². The molecule has 0 amide bonds. The van der Waals surface area contributed by atoms with E-state index >= 15 is 0 Å². The van der Waals surface area contributed by atoms with Crippen LogP contribution in [0, 0.1) is 17.2 Å². The molecule has 3 heteroatoms. The van der Waals surface area contributed by atoms with Crippen LogP contribution < -0.4 is 5.73 Å². The van der Waals surface area contributed by atoms with Crippen LogP contribution in [0.4, 0.5) is 0 Å². The second-order valence-electron chi connectivity index (χ2n) is 4.27. The molecular weight excluding hydrogens is 220 g/mol. The van der Waals surface area contributed by atoms with Crippen LogP contribution in [0.3, 0.4) is 0 Å². The number of hydrogen-bond acceptors (Lipinski definition) is 2. The van der Waals surface area contributed by atoms with Gasteiger partial charge in [-0.2, -0.15) is 5.26 Å². The molecule has 0 radical (unpaired) electrons. The molecule has 1 aromatic rings. The first kappa shape index (κ1) is 13.0. The molecule has 1 aliphatic rings. The SMILES string of the molecule is Cl.N#Cc1ccccc1[C@H](N)C1CCCC1. The monoisotopic (exact) mass is 236 g/mol. The van der Waals surface area contributed by atoms with E-state index in [1.54, 1.807) is 0 Å². The molecular formula is C13H17ClN2. The Morgan fingerprint density at radius 2 is 1.88 bits per heavy atom. The van der Waals surface area contributed by atoms with Crippen molar-refractivity contribution in [3.05, 3.63) is 35.4 Å².